The van der Waals surface area contributed by atoms with E-state index in [1.54, 1.807) is 0 Å². The zero-order valence-electron chi connectivity index (χ0n) is 9.47. The molecule has 4 nitrogen and oxygen atoms in total. The number of hydrogen-bond acceptors (Lipinski definition) is 3. The zero-order valence-corrected chi connectivity index (χ0v) is 10.5. The Morgan fingerprint density at radius 1 is 1.38 bits per heavy atom. The molecule has 1 aromatic rings. The molecule has 0 aliphatic carbocycles. The first-order chi connectivity index (χ1) is 7.39. The second-order valence-electron chi connectivity index (χ2n) is 4.04. The normalized spacial score (nSPS) is 13.2. The molecule has 0 heterocycles. The van der Waals surface area contributed by atoms with Gasteiger partial charge in [-0.05, 0) is 18.5 Å². The maximum atomic E-state index is 11.0. The molecule has 1 rings (SSSR count). The van der Waals surface area contributed by atoms with Crippen LogP contribution in [0.2, 0.25) is 6.55 Å². The number of hydrogen-bond donors (Lipinski definition) is 3. The lowest BCUT2D eigenvalue weighted by molar-refractivity contribution is -0.119. The van der Waals surface area contributed by atoms with Crippen molar-refractivity contribution in [2.24, 2.45) is 0 Å². The van der Waals surface area contributed by atoms with Gasteiger partial charge in [0.15, 0.2) is 0 Å². The molecule has 0 aromatic heterocycles. The standard InChI is InChI=1S/C11H17NO3Si/c1-9(13)12-11(16(2,14)15)8-10-6-4-3-5-7-10/h3-7,11,14-15H,8H2,1-2H3,(H,12,13). The molecule has 0 spiro atoms. The minimum atomic E-state index is -3.36. The van der Waals surface area contributed by atoms with E-state index in [1.807, 2.05) is 30.3 Å². The van der Waals surface area contributed by atoms with Gasteiger partial charge in [0, 0.05) is 6.92 Å². The van der Waals surface area contributed by atoms with E-state index < -0.39 is 14.2 Å². The molecule has 1 atom stereocenters. The lowest BCUT2D eigenvalue weighted by atomic mass is 10.1. The van der Waals surface area contributed by atoms with Gasteiger partial charge in [-0.2, -0.15) is 0 Å². The topological polar surface area (TPSA) is 69.6 Å². The first-order valence-corrected chi connectivity index (χ1v) is 7.62. The molecular weight excluding hydrogens is 222 g/mol. The van der Waals surface area contributed by atoms with Gasteiger partial charge in [-0.15, -0.1) is 0 Å². The van der Waals surface area contributed by atoms with E-state index in [2.05, 4.69) is 5.32 Å². The molecule has 1 aromatic carbocycles. The summed E-state index contributed by atoms with van der Waals surface area (Å²) in [5, 5.41) is 2.59. The van der Waals surface area contributed by atoms with Crippen molar-refractivity contribution in [3.8, 4) is 0 Å². The van der Waals surface area contributed by atoms with Crippen molar-refractivity contribution >= 4 is 14.5 Å². The van der Waals surface area contributed by atoms with Crippen molar-refractivity contribution in [2.75, 3.05) is 0 Å². The molecule has 0 aliphatic rings. The Morgan fingerprint density at radius 3 is 2.38 bits per heavy atom. The highest BCUT2D eigenvalue weighted by Crippen LogP contribution is 2.09. The van der Waals surface area contributed by atoms with Crippen LogP contribution in [0.4, 0.5) is 0 Å². The molecule has 1 amide bonds. The third kappa shape index (κ3) is 4.14. The molecule has 0 saturated carbocycles. The summed E-state index contributed by atoms with van der Waals surface area (Å²) in [4.78, 5) is 30.3. The van der Waals surface area contributed by atoms with Gasteiger partial charge >= 0.3 is 8.56 Å². The van der Waals surface area contributed by atoms with Crippen molar-refractivity contribution in [1.82, 2.24) is 5.32 Å². The lowest BCUT2D eigenvalue weighted by Gasteiger charge is -2.25. The number of carbonyl (C=O) groups excluding carboxylic acids is 1. The van der Waals surface area contributed by atoms with Crippen LogP contribution >= 0.6 is 0 Å². The second-order valence-corrected chi connectivity index (χ2v) is 6.92. The molecule has 0 saturated heterocycles. The smallest absolute Gasteiger partial charge is 0.352 e. The fourth-order valence-corrected chi connectivity index (χ4v) is 2.58. The Balaban J connectivity index is 2.75. The van der Waals surface area contributed by atoms with Gasteiger partial charge in [0.05, 0.1) is 5.67 Å². The molecule has 1 unspecified atom stereocenters. The molecule has 5 heteroatoms. The van der Waals surface area contributed by atoms with Gasteiger partial charge in [0.1, 0.15) is 0 Å². The van der Waals surface area contributed by atoms with Crippen LogP contribution < -0.4 is 5.32 Å². The molecule has 88 valence electrons. The highest BCUT2D eigenvalue weighted by atomic mass is 28.4. The van der Waals surface area contributed by atoms with Gasteiger partial charge in [0.2, 0.25) is 5.91 Å². The number of benzene rings is 1. The number of nitrogens with one attached hydrogen (secondary N) is 1. The van der Waals surface area contributed by atoms with E-state index in [-0.39, 0.29) is 5.91 Å². The first kappa shape index (κ1) is 12.9. The zero-order chi connectivity index (χ0) is 12.2. The van der Waals surface area contributed by atoms with Crippen molar-refractivity contribution in [1.29, 1.82) is 0 Å². The Hall–Kier alpha value is -1.17. The van der Waals surface area contributed by atoms with E-state index in [9.17, 15) is 14.4 Å². The largest absolute Gasteiger partial charge is 0.410 e. The fourth-order valence-electron chi connectivity index (χ4n) is 1.48. The summed E-state index contributed by atoms with van der Waals surface area (Å²) >= 11 is 0. The SMILES string of the molecule is CC(=O)NC(Cc1ccccc1)[Si](C)(O)O. The van der Waals surface area contributed by atoms with Crippen LogP contribution in [-0.2, 0) is 11.2 Å². The minimum Gasteiger partial charge on any atom is -0.410 e. The minimum absolute atomic E-state index is 0.247. The van der Waals surface area contributed by atoms with Crippen molar-refractivity contribution in [3.05, 3.63) is 35.9 Å². The number of amides is 1. The third-order valence-electron chi connectivity index (χ3n) is 2.32. The van der Waals surface area contributed by atoms with Crippen LogP contribution in [0.5, 0.6) is 0 Å². The lowest BCUT2D eigenvalue weighted by Crippen LogP contribution is -2.56. The summed E-state index contributed by atoms with van der Waals surface area (Å²) in [5.74, 6) is -0.247. The van der Waals surface area contributed by atoms with E-state index >= 15 is 0 Å². The maximum Gasteiger partial charge on any atom is 0.352 e. The monoisotopic (exact) mass is 239 g/mol. The van der Waals surface area contributed by atoms with Crippen LogP contribution in [0.3, 0.4) is 0 Å². The fraction of sp³-hybridized carbons (Fsp3) is 0.364. The quantitative estimate of drug-likeness (QED) is 0.663. The van der Waals surface area contributed by atoms with Gasteiger partial charge in [-0.25, -0.2) is 0 Å². The Labute approximate surface area is 96.2 Å². The molecule has 0 radical (unpaired) electrons. The van der Waals surface area contributed by atoms with E-state index in [1.165, 1.54) is 13.5 Å². The predicted molar refractivity (Wildman–Crippen MR) is 63.8 cm³/mol. The van der Waals surface area contributed by atoms with Crippen molar-refractivity contribution < 1.29 is 14.4 Å². The van der Waals surface area contributed by atoms with Crippen LogP contribution in [0, 0.1) is 0 Å². The summed E-state index contributed by atoms with van der Waals surface area (Å²) in [6.07, 6.45) is 0.441. The van der Waals surface area contributed by atoms with Gasteiger partial charge < -0.3 is 14.9 Å². The summed E-state index contributed by atoms with van der Waals surface area (Å²) < 4.78 is 0. The van der Waals surface area contributed by atoms with Crippen molar-refractivity contribution in [3.63, 3.8) is 0 Å². The molecular formula is C11H17NO3Si. The molecule has 16 heavy (non-hydrogen) atoms. The maximum absolute atomic E-state index is 11.0. The Kier molecular flexibility index (Phi) is 4.23. The Morgan fingerprint density at radius 2 is 1.94 bits per heavy atom. The number of carbonyl (C=O) groups is 1. The van der Waals surface area contributed by atoms with Crippen LogP contribution in [0.25, 0.3) is 0 Å². The van der Waals surface area contributed by atoms with Crippen LogP contribution in [0.15, 0.2) is 30.3 Å². The average Bonchev–Trinajstić information content (AvgIpc) is 2.16. The highest BCUT2D eigenvalue weighted by Gasteiger charge is 2.34. The van der Waals surface area contributed by atoms with Gasteiger partial charge in [-0.3, -0.25) is 4.79 Å². The molecule has 3 N–H and O–H groups in total. The third-order valence-corrected chi connectivity index (χ3v) is 3.99. The average molecular weight is 239 g/mol. The van der Waals surface area contributed by atoms with Crippen molar-refractivity contribution in [2.45, 2.75) is 25.6 Å². The predicted octanol–water partition coefficient (Wildman–Crippen LogP) is 0.330. The Bertz CT molecular complexity index is 348. The van der Waals surface area contributed by atoms with Gasteiger partial charge in [0.25, 0.3) is 0 Å². The summed E-state index contributed by atoms with van der Waals surface area (Å²) in [6, 6.07) is 9.46. The van der Waals surface area contributed by atoms with E-state index in [4.69, 9.17) is 0 Å². The van der Waals surface area contributed by atoms with E-state index in [0.717, 1.165) is 5.56 Å². The summed E-state index contributed by atoms with van der Waals surface area (Å²) in [7, 11) is -3.36. The molecule has 0 aliphatic heterocycles. The van der Waals surface area contributed by atoms with E-state index in [0.29, 0.717) is 6.42 Å². The summed E-state index contributed by atoms with van der Waals surface area (Å²) in [5.41, 5.74) is 0.399. The first-order valence-electron chi connectivity index (χ1n) is 5.15. The molecule has 0 bridgehead atoms. The van der Waals surface area contributed by atoms with Crippen LogP contribution in [-0.4, -0.2) is 29.7 Å². The second kappa shape index (κ2) is 5.24. The molecule has 0 fully saturated rings. The summed E-state index contributed by atoms with van der Waals surface area (Å²) in [6.45, 7) is 2.77. The van der Waals surface area contributed by atoms with Gasteiger partial charge in [-0.1, -0.05) is 30.3 Å². The van der Waals surface area contributed by atoms with Crippen LogP contribution in [0.1, 0.15) is 12.5 Å². The number of rotatable bonds is 4. The highest BCUT2D eigenvalue weighted by molar-refractivity contribution is 6.65.